The van der Waals surface area contributed by atoms with E-state index in [2.05, 4.69) is 10.3 Å². The Balaban J connectivity index is 1.60. The normalized spacial score (nSPS) is 22.8. The molecule has 8 heteroatoms. The van der Waals surface area contributed by atoms with Crippen LogP contribution in [-0.2, 0) is 14.4 Å². The summed E-state index contributed by atoms with van der Waals surface area (Å²) >= 11 is 0. The topological polar surface area (TPSA) is 123 Å². The zero-order valence-corrected chi connectivity index (χ0v) is 17.2. The van der Waals surface area contributed by atoms with E-state index in [4.69, 9.17) is 0 Å². The van der Waals surface area contributed by atoms with Crippen LogP contribution in [0.25, 0.3) is 10.9 Å². The van der Waals surface area contributed by atoms with Gasteiger partial charge in [0.2, 0.25) is 5.91 Å². The van der Waals surface area contributed by atoms with Crippen LogP contribution in [-0.4, -0.2) is 51.0 Å². The Kier molecular flexibility index (Phi) is 6.08. The van der Waals surface area contributed by atoms with Gasteiger partial charge in [-0.2, -0.15) is 0 Å². The summed E-state index contributed by atoms with van der Waals surface area (Å²) in [6.45, 7) is 1.48. The molecule has 1 aromatic heterocycles. The highest BCUT2D eigenvalue weighted by Crippen LogP contribution is 2.33. The maximum absolute atomic E-state index is 12.8. The minimum atomic E-state index is -0.973. The van der Waals surface area contributed by atoms with Crippen molar-refractivity contribution < 1.29 is 24.6 Å². The van der Waals surface area contributed by atoms with Gasteiger partial charge in [-0.1, -0.05) is 18.6 Å². The van der Waals surface area contributed by atoms with Crippen LogP contribution in [0.15, 0.2) is 36.5 Å². The number of carbonyl (C=O) groups excluding carboxylic acids is 1. The van der Waals surface area contributed by atoms with E-state index in [0.29, 0.717) is 24.1 Å². The van der Waals surface area contributed by atoms with Crippen LogP contribution in [0.2, 0.25) is 0 Å². The van der Waals surface area contributed by atoms with Crippen molar-refractivity contribution in [3.8, 4) is 0 Å². The largest absolute Gasteiger partial charge is 0.481 e. The van der Waals surface area contributed by atoms with E-state index in [1.807, 2.05) is 11.0 Å². The van der Waals surface area contributed by atoms with Crippen molar-refractivity contribution in [1.82, 2.24) is 9.88 Å². The average Bonchev–Trinajstić information content (AvgIpc) is 3.17. The number of nitrogens with zero attached hydrogens (tertiary/aromatic N) is 1. The summed E-state index contributed by atoms with van der Waals surface area (Å²) in [5.41, 5.74) is 1.99. The summed E-state index contributed by atoms with van der Waals surface area (Å²) in [5, 5.41) is 23.0. The van der Waals surface area contributed by atoms with E-state index in [-0.39, 0.29) is 5.91 Å². The number of carboxylic acids is 2. The second kappa shape index (κ2) is 8.93. The first-order valence-corrected chi connectivity index (χ1v) is 10.7. The highest BCUT2D eigenvalue weighted by Gasteiger charge is 2.34. The van der Waals surface area contributed by atoms with Gasteiger partial charge < -0.3 is 20.5 Å². The van der Waals surface area contributed by atoms with Crippen molar-refractivity contribution in [2.45, 2.75) is 38.1 Å². The van der Waals surface area contributed by atoms with Crippen LogP contribution < -0.4 is 5.32 Å². The highest BCUT2D eigenvalue weighted by molar-refractivity contribution is 5.98. The molecule has 0 unspecified atom stereocenters. The molecule has 1 fully saturated rings. The van der Waals surface area contributed by atoms with Crippen molar-refractivity contribution in [2.75, 3.05) is 18.4 Å². The lowest BCUT2D eigenvalue weighted by Crippen LogP contribution is -2.37. The lowest BCUT2D eigenvalue weighted by molar-refractivity contribution is -0.146. The minimum absolute atomic E-state index is 0.334. The van der Waals surface area contributed by atoms with Gasteiger partial charge in [-0.15, -0.1) is 0 Å². The van der Waals surface area contributed by atoms with Crippen LogP contribution in [0.1, 0.15) is 43.7 Å². The lowest BCUT2D eigenvalue weighted by Gasteiger charge is -2.31. The van der Waals surface area contributed by atoms with Crippen molar-refractivity contribution in [2.24, 2.45) is 11.8 Å². The standard InChI is InChI=1S/C23H27N3O5/c27-21(15-6-2-3-7-16(15)22(28)29)25-14-8-9-19-17(12-14)18(13-24-19)20(23(30)31)26-10-4-1-5-11-26/h2-3,8-9,12-13,15-16,20,24H,1,4-7,10-11H2,(H,25,27)(H,28,29)(H,30,31)/t15-,16+,20-/m0/s1. The molecule has 1 saturated heterocycles. The highest BCUT2D eigenvalue weighted by atomic mass is 16.4. The molecule has 1 amide bonds. The van der Waals surface area contributed by atoms with Crippen molar-refractivity contribution in [3.05, 3.63) is 42.1 Å². The molecule has 0 radical (unpaired) electrons. The monoisotopic (exact) mass is 425 g/mol. The number of piperidine rings is 1. The number of rotatable bonds is 6. The SMILES string of the molecule is O=C(Nc1ccc2[nH]cc([C@@H](C(=O)O)N3CCCCC3)c2c1)[C@H]1CC=CC[C@H]1C(=O)O. The number of aliphatic carboxylic acids is 2. The predicted molar refractivity (Wildman–Crippen MR) is 116 cm³/mol. The number of anilines is 1. The molecule has 3 atom stereocenters. The Hall–Kier alpha value is -3.13. The van der Waals surface area contributed by atoms with E-state index < -0.39 is 29.8 Å². The first kappa shape index (κ1) is 21.1. The molecule has 2 heterocycles. The number of hydrogen-bond acceptors (Lipinski definition) is 4. The molecule has 1 aromatic carbocycles. The van der Waals surface area contributed by atoms with Crippen molar-refractivity contribution in [1.29, 1.82) is 0 Å². The maximum Gasteiger partial charge on any atom is 0.325 e. The quantitative estimate of drug-likeness (QED) is 0.526. The number of H-pyrrole nitrogens is 1. The third-order valence-electron chi connectivity index (χ3n) is 6.35. The molecular formula is C23H27N3O5. The van der Waals surface area contributed by atoms with Gasteiger partial charge in [0.25, 0.3) is 0 Å². The Labute approximate surface area is 179 Å². The van der Waals surface area contributed by atoms with Crippen LogP contribution in [0, 0.1) is 11.8 Å². The smallest absolute Gasteiger partial charge is 0.325 e. The summed E-state index contributed by atoms with van der Waals surface area (Å²) in [6, 6.07) is 4.57. The first-order chi connectivity index (χ1) is 15.0. The van der Waals surface area contributed by atoms with Crippen LogP contribution in [0.4, 0.5) is 5.69 Å². The number of likely N-dealkylation sites (tertiary alicyclic amines) is 1. The Morgan fingerprint density at radius 2 is 1.74 bits per heavy atom. The Morgan fingerprint density at radius 3 is 2.42 bits per heavy atom. The van der Waals surface area contributed by atoms with Crippen LogP contribution in [0.5, 0.6) is 0 Å². The molecule has 0 saturated carbocycles. The van der Waals surface area contributed by atoms with Gasteiger partial charge in [-0.05, 0) is 57.0 Å². The van der Waals surface area contributed by atoms with Gasteiger partial charge in [0.1, 0.15) is 6.04 Å². The fraction of sp³-hybridized carbons (Fsp3) is 0.435. The molecule has 1 aliphatic carbocycles. The molecule has 164 valence electrons. The molecule has 0 bridgehead atoms. The molecule has 2 aliphatic rings. The first-order valence-electron chi connectivity index (χ1n) is 10.7. The molecule has 4 rings (SSSR count). The second-order valence-corrected chi connectivity index (χ2v) is 8.33. The number of carbonyl (C=O) groups is 3. The minimum Gasteiger partial charge on any atom is -0.481 e. The number of benzene rings is 1. The van der Waals surface area contributed by atoms with Gasteiger partial charge in [0, 0.05) is 28.4 Å². The molecule has 0 spiro atoms. The Bertz CT molecular complexity index is 1020. The van der Waals surface area contributed by atoms with E-state index in [1.165, 1.54) is 0 Å². The molecule has 4 N–H and O–H groups in total. The van der Waals surface area contributed by atoms with Crippen LogP contribution >= 0.6 is 0 Å². The molecule has 8 nitrogen and oxygen atoms in total. The van der Waals surface area contributed by atoms with Gasteiger partial charge in [-0.25, -0.2) is 0 Å². The number of hydrogen-bond donors (Lipinski definition) is 4. The fourth-order valence-corrected chi connectivity index (χ4v) is 4.72. The molecular weight excluding hydrogens is 398 g/mol. The number of aromatic amines is 1. The third-order valence-corrected chi connectivity index (χ3v) is 6.35. The van der Waals surface area contributed by atoms with Gasteiger partial charge in [-0.3, -0.25) is 19.3 Å². The zero-order chi connectivity index (χ0) is 22.0. The number of carboxylic acid groups (broad SMARTS) is 2. The van der Waals surface area contributed by atoms with Crippen LogP contribution in [0.3, 0.4) is 0 Å². The van der Waals surface area contributed by atoms with Gasteiger partial charge >= 0.3 is 11.9 Å². The second-order valence-electron chi connectivity index (χ2n) is 8.33. The summed E-state index contributed by atoms with van der Waals surface area (Å²) < 4.78 is 0. The molecule has 31 heavy (non-hydrogen) atoms. The summed E-state index contributed by atoms with van der Waals surface area (Å²) in [5.74, 6) is -3.58. The van der Waals surface area contributed by atoms with E-state index in [0.717, 1.165) is 43.3 Å². The van der Waals surface area contributed by atoms with Gasteiger partial charge in [0.05, 0.1) is 11.8 Å². The number of fused-ring (bicyclic) bond motifs is 1. The number of nitrogens with one attached hydrogen (secondary N) is 2. The zero-order valence-electron chi connectivity index (χ0n) is 17.2. The number of aromatic nitrogens is 1. The lowest BCUT2D eigenvalue weighted by atomic mass is 9.82. The summed E-state index contributed by atoms with van der Waals surface area (Å²) in [4.78, 5) is 41.6. The van der Waals surface area contributed by atoms with E-state index in [9.17, 15) is 24.6 Å². The van der Waals surface area contributed by atoms with Gasteiger partial charge in [0.15, 0.2) is 0 Å². The molecule has 1 aliphatic heterocycles. The van der Waals surface area contributed by atoms with Crippen molar-refractivity contribution >= 4 is 34.4 Å². The van der Waals surface area contributed by atoms with E-state index >= 15 is 0 Å². The van der Waals surface area contributed by atoms with Crippen molar-refractivity contribution in [3.63, 3.8) is 0 Å². The maximum atomic E-state index is 12.8. The number of allylic oxidation sites excluding steroid dienone is 2. The summed E-state index contributed by atoms with van der Waals surface area (Å²) in [7, 11) is 0. The van der Waals surface area contributed by atoms with E-state index in [1.54, 1.807) is 30.5 Å². The Morgan fingerprint density at radius 1 is 1.03 bits per heavy atom. The summed E-state index contributed by atoms with van der Waals surface area (Å²) in [6.07, 6.45) is 9.17. The third kappa shape index (κ3) is 4.34. The molecule has 2 aromatic rings. The predicted octanol–water partition coefficient (Wildman–Crippen LogP) is 3.39. The number of amides is 1. The fourth-order valence-electron chi connectivity index (χ4n) is 4.72. The average molecular weight is 425 g/mol.